The van der Waals surface area contributed by atoms with Crippen molar-refractivity contribution in [2.75, 3.05) is 13.7 Å². The molecule has 0 saturated carbocycles. The van der Waals surface area contributed by atoms with Crippen LogP contribution in [0.3, 0.4) is 0 Å². The summed E-state index contributed by atoms with van der Waals surface area (Å²) < 4.78 is 11.2. The third-order valence-electron chi connectivity index (χ3n) is 5.48. The molecule has 0 bridgehead atoms. The van der Waals surface area contributed by atoms with Gasteiger partial charge in [-0.3, -0.25) is 10.1 Å². The Kier molecular flexibility index (Phi) is 9.08. The molecule has 0 aliphatic carbocycles. The number of benzene rings is 3. The lowest BCUT2D eigenvalue weighted by atomic mass is 10.0. The van der Waals surface area contributed by atoms with Crippen LogP contribution in [-0.2, 0) is 13.1 Å². The molecule has 1 unspecified atom stereocenters. The fraction of sp³-hybridized carbons (Fsp3) is 0.240. The SMILES string of the molecule is COc1ccccc1CNC(=NCc1ccc([N+](=O)[O-])cc1)NC1CCOc2ccccc21.I. The number of fused-ring (bicyclic) bond motifs is 1. The van der Waals surface area contributed by atoms with Gasteiger partial charge in [-0.25, -0.2) is 4.99 Å². The van der Waals surface area contributed by atoms with Gasteiger partial charge in [0, 0.05) is 36.2 Å². The molecule has 3 aromatic rings. The van der Waals surface area contributed by atoms with Crippen LogP contribution in [0.5, 0.6) is 11.5 Å². The smallest absolute Gasteiger partial charge is 0.269 e. The van der Waals surface area contributed by atoms with E-state index in [9.17, 15) is 10.1 Å². The first kappa shape index (κ1) is 25.3. The summed E-state index contributed by atoms with van der Waals surface area (Å²) in [5, 5.41) is 17.8. The number of para-hydroxylation sites is 2. The van der Waals surface area contributed by atoms with Gasteiger partial charge in [0.1, 0.15) is 11.5 Å². The molecule has 0 aromatic heterocycles. The van der Waals surface area contributed by atoms with Crippen LogP contribution in [0.2, 0.25) is 0 Å². The van der Waals surface area contributed by atoms with Crippen LogP contribution < -0.4 is 20.1 Å². The third-order valence-corrected chi connectivity index (χ3v) is 5.48. The van der Waals surface area contributed by atoms with Gasteiger partial charge in [0.05, 0.1) is 31.2 Å². The summed E-state index contributed by atoms with van der Waals surface area (Å²) in [5.74, 6) is 2.32. The number of nitro groups is 1. The molecule has 3 aromatic carbocycles. The number of nitrogens with one attached hydrogen (secondary N) is 2. The Bertz CT molecular complexity index is 1140. The van der Waals surface area contributed by atoms with Crippen molar-refractivity contribution in [1.82, 2.24) is 10.6 Å². The van der Waals surface area contributed by atoms with Crippen LogP contribution in [0, 0.1) is 10.1 Å². The van der Waals surface area contributed by atoms with E-state index >= 15 is 0 Å². The van der Waals surface area contributed by atoms with Gasteiger partial charge in [0.25, 0.3) is 5.69 Å². The summed E-state index contributed by atoms with van der Waals surface area (Å²) in [5.41, 5.74) is 3.05. The molecule has 4 rings (SSSR count). The predicted octanol–water partition coefficient (Wildman–Crippen LogP) is 4.98. The molecule has 1 aliphatic rings. The average Bonchev–Trinajstić information content (AvgIpc) is 2.86. The highest BCUT2D eigenvalue weighted by atomic mass is 127. The zero-order chi connectivity index (χ0) is 23.0. The molecule has 34 heavy (non-hydrogen) atoms. The molecule has 8 nitrogen and oxygen atoms in total. The average molecular weight is 574 g/mol. The van der Waals surface area contributed by atoms with Gasteiger partial charge in [-0.2, -0.15) is 0 Å². The van der Waals surface area contributed by atoms with E-state index in [0.29, 0.717) is 25.7 Å². The van der Waals surface area contributed by atoms with Crippen molar-refractivity contribution in [2.45, 2.75) is 25.6 Å². The van der Waals surface area contributed by atoms with E-state index in [1.54, 1.807) is 19.2 Å². The van der Waals surface area contributed by atoms with Gasteiger partial charge in [-0.15, -0.1) is 24.0 Å². The molecular weight excluding hydrogens is 547 g/mol. The molecule has 9 heteroatoms. The van der Waals surface area contributed by atoms with Gasteiger partial charge in [-0.1, -0.05) is 48.5 Å². The lowest BCUT2D eigenvalue weighted by molar-refractivity contribution is -0.384. The summed E-state index contributed by atoms with van der Waals surface area (Å²) in [6, 6.07) is 22.3. The van der Waals surface area contributed by atoms with E-state index in [1.807, 2.05) is 42.5 Å². The second-order valence-electron chi connectivity index (χ2n) is 7.63. The molecule has 0 saturated heterocycles. The van der Waals surface area contributed by atoms with Crippen LogP contribution in [0.15, 0.2) is 77.8 Å². The number of nitrogens with zero attached hydrogens (tertiary/aromatic N) is 2. The first-order valence-corrected chi connectivity index (χ1v) is 10.8. The summed E-state index contributed by atoms with van der Waals surface area (Å²) in [6.45, 7) is 1.53. The Balaban J connectivity index is 0.00000324. The first-order chi connectivity index (χ1) is 16.1. The number of guanidine groups is 1. The van der Waals surface area contributed by atoms with E-state index in [0.717, 1.165) is 34.6 Å². The standard InChI is InChI=1S/C25H26N4O4.HI/c1-32-23-8-4-2-6-19(23)17-27-25(26-16-18-10-12-20(13-11-18)29(30)31)28-22-14-15-33-24-9-5-3-7-21(22)24;/h2-13,22H,14-17H2,1H3,(H2,26,27,28);1H. The maximum atomic E-state index is 10.9. The summed E-state index contributed by atoms with van der Waals surface area (Å²) in [4.78, 5) is 15.3. The molecule has 1 heterocycles. The molecule has 1 atom stereocenters. The van der Waals surface area contributed by atoms with Crippen molar-refractivity contribution < 1.29 is 14.4 Å². The quantitative estimate of drug-likeness (QED) is 0.136. The van der Waals surface area contributed by atoms with Crippen LogP contribution in [-0.4, -0.2) is 24.6 Å². The highest BCUT2D eigenvalue weighted by molar-refractivity contribution is 14.0. The second-order valence-corrected chi connectivity index (χ2v) is 7.63. The number of rotatable bonds is 7. The predicted molar refractivity (Wildman–Crippen MR) is 142 cm³/mol. The number of non-ortho nitro benzene ring substituents is 1. The van der Waals surface area contributed by atoms with Crippen LogP contribution in [0.1, 0.15) is 29.2 Å². The topological polar surface area (TPSA) is 98.0 Å². The molecule has 2 N–H and O–H groups in total. The molecule has 178 valence electrons. The highest BCUT2D eigenvalue weighted by Gasteiger charge is 2.22. The first-order valence-electron chi connectivity index (χ1n) is 10.8. The van der Waals surface area contributed by atoms with Crippen molar-refractivity contribution in [1.29, 1.82) is 0 Å². The van der Waals surface area contributed by atoms with Crippen molar-refractivity contribution in [3.63, 3.8) is 0 Å². The second kappa shape index (κ2) is 12.2. The molecule has 0 amide bonds. The summed E-state index contributed by atoms with van der Waals surface area (Å²) in [7, 11) is 1.65. The Morgan fingerprint density at radius 1 is 1.12 bits per heavy atom. The molecule has 0 radical (unpaired) electrons. The number of hydrogen-bond acceptors (Lipinski definition) is 5. The van der Waals surface area contributed by atoms with Crippen LogP contribution in [0.25, 0.3) is 0 Å². The fourth-order valence-corrected chi connectivity index (χ4v) is 3.73. The van der Waals surface area contributed by atoms with Gasteiger partial charge in [0.15, 0.2) is 5.96 Å². The minimum atomic E-state index is -0.405. The minimum Gasteiger partial charge on any atom is -0.496 e. The van der Waals surface area contributed by atoms with Crippen molar-refractivity contribution >= 4 is 35.6 Å². The van der Waals surface area contributed by atoms with Crippen molar-refractivity contribution in [3.8, 4) is 11.5 Å². The largest absolute Gasteiger partial charge is 0.496 e. The van der Waals surface area contributed by atoms with E-state index in [4.69, 9.17) is 14.5 Å². The van der Waals surface area contributed by atoms with Gasteiger partial charge in [0.2, 0.25) is 0 Å². The Labute approximate surface area is 215 Å². The maximum absolute atomic E-state index is 10.9. The molecule has 0 spiro atoms. The number of ether oxygens (including phenoxy) is 2. The number of methoxy groups -OCH3 is 1. The zero-order valence-corrected chi connectivity index (χ0v) is 21.1. The zero-order valence-electron chi connectivity index (χ0n) is 18.8. The maximum Gasteiger partial charge on any atom is 0.269 e. The van der Waals surface area contributed by atoms with Gasteiger partial charge < -0.3 is 20.1 Å². The lowest BCUT2D eigenvalue weighted by Gasteiger charge is -2.28. The van der Waals surface area contributed by atoms with Crippen LogP contribution >= 0.6 is 24.0 Å². The van der Waals surface area contributed by atoms with E-state index in [2.05, 4.69) is 16.7 Å². The number of halogens is 1. The number of aliphatic imine (C=N–C) groups is 1. The van der Waals surface area contributed by atoms with Gasteiger partial charge >= 0.3 is 0 Å². The molecule has 0 fully saturated rings. The van der Waals surface area contributed by atoms with E-state index in [-0.39, 0.29) is 35.7 Å². The van der Waals surface area contributed by atoms with Crippen molar-refractivity contribution in [3.05, 3.63) is 99.6 Å². The fourth-order valence-electron chi connectivity index (χ4n) is 3.73. The third kappa shape index (κ3) is 6.37. The number of hydrogen-bond donors (Lipinski definition) is 2. The van der Waals surface area contributed by atoms with E-state index in [1.165, 1.54) is 12.1 Å². The monoisotopic (exact) mass is 574 g/mol. The summed E-state index contributed by atoms with van der Waals surface area (Å²) in [6.07, 6.45) is 0.809. The minimum absolute atomic E-state index is 0. The summed E-state index contributed by atoms with van der Waals surface area (Å²) >= 11 is 0. The van der Waals surface area contributed by atoms with Gasteiger partial charge in [-0.05, 0) is 17.7 Å². The Hall–Kier alpha value is -3.34. The number of nitro benzene ring substituents is 1. The van der Waals surface area contributed by atoms with E-state index < -0.39 is 4.92 Å². The normalized spacial score (nSPS) is 14.7. The van der Waals surface area contributed by atoms with Crippen molar-refractivity contribution in [2.24, 2.45) is 4.99 Å². The highest BCUT2D eigenvalue weighted by Crippen LogP contribution is 2.31. The Morgan fingerprint density at radius 2 is 1.85 bits per heavy atom. The molecular formula is C25H27IN4O4. The Morgan fingerprint density at radius 3 is 2.62 bits per heavy atom. The van der Waals surface area contributed by atoms with Crippen LogP contribution in [0.4, 0.5) is 5.69 Å². The molecule has 1 aliphatic heterocycles. The lowest BCUT2D eigenvalue weighted by Crippen LogP contribution is -2.40.